The lowest BCUT2D eigenvalue weighted by atomic mass is 10.1. The van der Waals surface area contributed by atoms with Gasteiger partial charge in [-0.25, -0.2) is 9.78 Å². The Labute approximate surface area is 130 Å². The number of carboxylic acids is 1. The van der Waals surface area contributed by atoms with Crippen molar-refractivity contribution in [3.63, 3.8) is 0 Å². The molecule has 0 radical (unpaired) electrons. The Morgan fingerprint density at radius 3 is 2.86 bits per heavy atom. The average molecular weight is 318 g/mol. The highest BCUT2D eigenvalue weighted by Crippen LogP contribution is 2.21. The zero-order valence-electron chi connectivity index (χ0n) is 11.6. The Kier molecular flexibility index (Phi) is 3.64. The highest BCUT2D eigenvalue weighted by Gasteiger charge is 2.14. The van der Waals surface area contributed by atoms with Crippen molar-refractivity contribution in [3.05, 3.63) is 47.0 Å². The zero-order chi connectivity index (χ0) is 15.7. The Bertz CT molecular complexity index is 862. The summed E-state index contributed by atoms with van der Waals surface area (Å²) in [6.45, 7) is 0.329. The number of hydrogen-bond acceptors (Lipinski definition) is 5. The van der Waals surface area contributed by atoms with Crippen LogP contribution in [0.2, 0.25) is 5.28 Å². The molecule has 0 amide bonds. The molecular formula is C14H12ClN5O2. The van der Waals surface area contributed by atoms with Crippen LogP contribution in [-0.4, -0.2) is 37.6 Å². The molecule has 7 nitrogen and oxygen atoms in total. The minimum Gasteiger partial charge on any atom is -0.478 e. The minimum atomic E-state index is -0.969. The molecule has 2 aromatic heterocycles. The number of carboxylic acid groups (broad SMARTS) is 1. The van der Waals surface area contributed by atoms with Gasteiger partial charge in [0.2, 0.25) is 5.28 Å². The molecule has 0 aliphatic heterocycles. The predicted octanol–water partition coefficient (Wildman–Crippen LogP) is 2.27. The van der Waals surface area contributed by atoms with E-state index in [-0.39, 0.29) is 10.8 Å². The smallest absolute Gasteiger partial charge is 0.336 e. The summed E-state index contributed by atoms with van der Waals surface area (Å²) in [6, 6.07) is 6.81. The van der Waals surface area contributed by atoms with Crippen LogP contribution in [0.5, 0.6) is 0 Å². The topological polar surface area (TPSA) is 92.9 Å². The van der Waals surface area contributed by atoms with Crippen LogP contribution in [0.15, 0.2) is 30.6 Å². The van der Waals surface area contributed by atoms with E-state index in [0.29, 0.717) is 29.1 Å². The van der Waals surface area contributed by atoms with Crippen LogP contribution in [0.3, 0.4) is 0 Å². The van der Waals surface area contributed by atoms with Gasteiger partial charge < -0.3 is 15.0 Å². The molecule has 2 heterocycles. The lowest BCUT2D eigenvalue weighted by molar-refractivity contribution is 0.0695. The highest BCUT2D eigenvalue weighted by atomic mass is 35.5. The van der Waals surface area contributed by atoms with Gasteiger partial charge in [-0.2, -0.15) is 9.97 Å². The summed E-state index contributed by atoms with van der Waals surface area (Å²) in [4.78, 5) is 23.8. The molecule has 8 heteroatoms. The van der Waals surface area contributed by atoms with Crippen molar-refractivity contribution >= 4 is 34.6 Å². The third-order valence-corrected chi connectivity index (χ3v) is 3.43. The number of carbonyl (C=O) groups is 1. The van der Waals surface area contributed by atoms with Gasteiger partial charge in [0.05, 0.1) is 18.4 Å². The first-order valence-electron chi connectivity index (χ1n) is 6.47. The third-order valence-electron chi connectivity index (χ3n) is 3.26. The molecule has 2 N–H and O–H groups in total. The lowest BCUT2D eigenvalue weighted by Gasteiger charge is -2.08. The molecule has 0 saturated carbocycles. The summed E-state index contributed by atoms with van der Waals surface area (Å²) < 4.78 is 1.74. The number of aromatic carboxylic acids is 1. The average Bonchev–Trinajstić information content (AvgIpc) is 2.89. The molecule has 0 unspecified atom stereocenters. The first-order chi connectivity index (χ1) is 10.6. The zero-order valence-corrected chi connectivity index (χ0v) is 12.4. The van der Waals surface area contributed by atoms with Crippen molar-refractivity contribution in [3.8, 4) is 0 Å². The van der Waals surface area contributed by atoms with E-state index in [1.165, 1.54) is 0 Å². The number of aromatic nitrogens is 4. The van der Waals surface area contributed by atoms with Gasteiger partial charge in [0.25, 0.3) is 0 Å². The van der Waals surface area contributed by atoms with E-state index in [0.717, 1.165) is 0 Å². The molecule has 0 spiro atoms. The van der Waals surface area contributed by atoms with Gasteiger partial charge in [0.15, 0.2) is 17.0 Å². The number of benzene rings is 1. The van der Waals surface area contributed by atoms with E-state index in [9.17, 15) is 9.90 Å². The molecule has 3 rings (SSSR count). The van der Waals surface area contributed by atoms with Gasteiger partial charge >= 0.3 is 5.97 Å². The van der Waals surface area contributed by atoms with Gasteiger partial charge in [-0.3, -0.25) is 0 Å². The van der Waals surface area contributed by atoms with Crippen LogP contribution in [-0.2, 0) is 6.54 Å². The van der Waals surface area contributed by atoms with Crippen molar-refractivity contribution in [1.29, 1.82) is 0 Å². The number of nitrogens with one attached hydrogen (secondary N) is 1. The third kappa shape index (κ3) is 2.46. The number of fused-ring (bicyclic) bond motifs is 1. The molecule has 22 heavy (non-hydrogen) atoms. The molecule has 0 atom stereocenters. The van der Waals surface area contributed by atoms with E-state index in [2.05, 4.69) is 20.3 Å². The summed E-state index contributed by atoms with van der Waals surface area (Å²) in [5.41, 5.74) is 2.04. The molecule has 0 aliphatic carbocycles. The minimum absolute atomic E-state index is 0.102. The normalized spacial score (nSPS) is 10.8. The molecule has 0 saturated heterocycles. The summed E-state index contributed by atoms with van der Waals surface area (Å²) >= 11 is 5.92. The van der Waals surface area contributed by atoms with Gasteiger partial charge in [0, 0.05) is 7.05 Å². The number of halogens is 1. The lowest BCUT2D eigenvalue weighted by Crippen LogP contribution is -2.07. The van der Waals surface area contributed by atoms with Gasteiger partial charge in [0.1, 0.15) is 0 Å². The predicted molar refractivity (Wildman–Crippen MR) is 82.4 cm³/mol. The second-order valence-corrected chi connectivity index (χ2v) is 4.94. The second-order valence-electron chi connectivity index (χ2n) is 4.60. The van der Waals surface area contributed by atoms with E-state index < -0.39 is 5.97 Å². The van der Waals surface area contributed by atoms with E-state index >= 15 is 0 Å². The van der Waals surface area contributed by atoms with Gasteiger partial charge in [-0.05, 0) is 23.2 Å². The monoisotopic (exact) mass is 317 g/mol. The first-order valence-corrected chi connectivity index (χ1v) is 6.85. The van der Waals surface area contributed by atoms with E-state index in [1.54, 1.807) is 42.2 Å². The maximum atomic E-state index is 11.3. The number of rotatable bonds is 4. The molecule has 1 aromatic carbocycles. The van der Waals surface area contributed by atoms with Crippen molar-refractivity contribution < 1.29 is 9.90 Å². The van der Waals surface area contributed by atoms with Crippen LogP contribution in [0.4, 0.5) is 5.82 Å². The van der Waals surface area contributed by atoms with Crippen molar-refractivity contribution in [2.24, 2.45) is 0 Å². The fraction of sp³-hybridized carbons (Fsp3) is 0.143. The van der Waals surface area contributed by atoms with Gasteiger partial charge in [-0.15, -0.1) is 0 Å². The van der Waals surface area contributed by atoms with E-state index in [4.69, 9.17) is 11.6 Å². The Morgan fingerprint density at radius 1 is 1.36 bits per heavy atom. The fourth-order valence-electron chi connectivity index (χ4n) is 2.26. The van der Waals surface area contributed by atoms with Crippen molar-refractivity contribution in [2.75, 3.05) is 12.4 Å². The number of imidazole rings is 1. The van der Waals surface area contributed by atoms with Gasteiger partial charge in [-0.1, -0.05) is 18.2 Å². The molecular weight excluding hydrogens is 306 g/mol. The molecule has 0 aliphatic rings. The molecule has 3 aromatic rings. The molecule has 112 valence electrons. The first kappa shape index (κ1) is 14.3. The summed E-state index contributed by atoms with van der Waals surface area (Å²) in [5.74, 6) is -0.441. The van der Waals surface area contributed by atoms with Crippen LogP contribution >= 0.6 is 11.6 Å². The Hall–Kier alpha value is -2.67. The van der Waals surface area contributed by atoms with Crippen LogP contribution < -0.4 is 5.32 Å². The van der Waals surface area contributed by atoms with Crippen molar-refractivity contribution in [1.82, 2.24) is 19.5 Å². The number of nitrogens with zero attached hydrogens (tertiary/aromatic N) is 4. The maximum Gasteiger partial charge on any atom is 0.336 e. The van der Waals surface area contributed by atoms with Crippen LogP contribution in [0, 0.1) is 0 Å². The number of hydrogen-bond donors (Lipinski definition) is 2. The van der Waals surface area contributed by atoms with E-state index in [1.807, 2.05) is 0 Å². The maximum absolute atomic E-state index is 11.3. The fourth-order valence-corrected chi connectivity index (χ4v) is 2.42. The quantitative estimate of drug-likeness (QED) is 0.717. The standard InChI is InChI=1S/C14H12ClN5O2/c1-16-11-10-12(19-14(15)18-11)20(7-17-10)6-8-4-2-3-5-9(8)13(21)22/h2-5,7H,6H2,1H3,(H,21,22)(H,16,18,19). The largest absolute Gasteiger partial charge is 0.478 e. The SMILES string of the molecule is CNc1nc(Cl)nc2c1ncn2Cc1ccccc1C(=O)O. The van der Waals surface area contributed by atoms with Crippen molar-refractivity contribution in [2.45, 2.75) is 6.54 Å². The Morgan fingerprint density at radius 2 is 2.14 bits per heavy atom. The summed E-state index contributed by atoms with van der Waals surface area (Å²) in [6.07, 6.45) is 1.59. The van der Waals surface area contributed by atoms with Crippen LogP contribution in [0.25, 0.3) is 11.2 Å². The summed E-state index contributed by atoms with van der Waals surface area (Å²) in [7, 11) is 1.72. The molecule has 0 fully saturated rings. The Balaban J connectivity index is 2.09. The molecule has 0 bridgehead atoms. The van der Waals surface area contributed by atoms with Crippen LogP contribution in [0.1, 0.15) is 15.9 Å². The highest BCUT2D eigenvalue weighted by molar-refractivity contribution is 6.28. The summed E-state index contributed by atoms with van der Waals surface area (Å²) in [5, 5.41) is 12.3. The second kappa shape index (κ2) is 5.61. The number of anilines is 1.